The normalized spacial score (nSPS) is 13.2. The predicted molar refractivity (Wildman–Crippen MR) is 86.1 cm³/mol. The number of aryl methyl sites for hydroxylation is 2. The van der Waals surface area contributed by atoms with Gasteiger partial charge in [0, 0.05) is 23.2 Å². The van der Waals surface area contributed by atoms with Crippen molar-refractivity contribution in [1.82, 2.24) is 9.97 Å². The number of carbonyl (C=O) groups is 1. The minimum Gasteiger partial charge on any atom is -0.325 e. The maximum absolute atomic E-state index is 12.2. The zero-order chi connectivity index (χ0) is 13.9. The molecule has 0 radical (unpaired) electrons. The number of anilines is 1. The molecule has 0 atom stereocenters. The third-order valence-electron chi connectivity index (χ3n) is 3.35. The lowest BCUT2D eigenvalue weighted by molar-refractivity contribution is 0.102. The Morgan fingerprint density at radius 1 is 1.38 bits per heavy atom. The van der Waals surface area contributed by atoms with Crippen LogP contribution in [0.1, 0.15) is 39.5 Å². The highest BCUT2D eigenvalue weighted by Crippen LogP contribution is 2.29. The molecule has 1 aliphatic carbocycles. The van der Waals surface area contributed by atoms with Crippen LogP contribution in [-0.4, -0.2) is 15.9 Å². The van der Waals surface area contributed by atoms with E-state index in [-0.39, 0.29) is 18.3 Å². The molecule has 2 aromatic heterocycles. The number of pyridine rings is 1. The second-order valence-electron chi connectivity index (χ2n) is 4.79. The van der Waals surface area contributed by atoms with Crippen LogP contribution < -0.4 is 11.1 Å². The molecule has 7 heteroatoms. The summed E-state index contributed by atoms with van der Waals surface area (Å²) < 4.78 is 0. The number of carbonyl (C=O) groups excluding carboxylic acids is 1. The molecule has 2 aromatic rings. The number of thiazole rings is 1. The van der Waals surface area contributed by atoms with Gasteiger partial charge in [-0.25, -0.2) is 4.98 Å². The van der Waals surface area contributed by atoms with E-state index in [1.807, 2.05) is 0 Å². The van der Waals surface area contributed by atoms with Crippen LogP contribution in [0.5, 0.6) is 0 Å². The monoisotopic (exact) mass is 324 g/mol. The van der Waals surface area contributed by atoms with E-state index in [4.69, 9.17) is 5.73 Å². The van der Waals surface area contributed by atoms with Gasteiger partial charge < -0.3 is 5.73 Å². The lowest BCUT2D eigenvalue weighted by Crippen LogP contribution is -2.13. The molecule has 5 nitrogen and oxygen atoms in total. The minimum absolute atomic E-state index is 0. The van der Waals surface area contributed by atoms with Crippen LogP contribution in [0.25, 0.3) is 0 Å². The highest BCUT2D eigenvalue weighted by atomic mass is 35.5. The second-order valence-corrected chi connectivity index (χ2v) is 5.87. The highest BCUT2D eigenvalue weighted by molar-refractivity contribution is 7.15. The second kappa shape index (κ2) is 6.98. The summed E-state index contributed by atoms with van der Waals surface area (Å²) >= 11 is 1.58. The van der Waals surface area contributed by atoms with Gasteiger partial charge in [0.25, 0.3) is 5.91 Å². The van der Waals surface area contributed by atoms with Crippen molar-refractivity contribution in [1.29, 1.82) is 0 Å². The molecule has 0 aromatic carbocycles. The molecule has 112 valence electrons. The van der Waals surface area contributed by atoms with Crippen LogP contribution in [0.4, 0.5) is 5.13 Å². The summed E-state index contributed by atoms with van der Waals surface area (Å²) in [4.78, 5) is 22.1. The number of nitrogens with two attached hydrogens (primary N) is 1. The number of halogens is 1. The Kier molecular flexibility index (Phi) is 5.27. The number of rotatable bonds is 3. The Morgan fingerprint density at radius 3 is 2.95 bits per heavy atom. The SMILES string of the molecule is Cl.NCc1cc(C(=O)Nc2nc3c(s2)CCCC3)ccn1. The summed E-state index contributed by atoms with van der Waals surface area (Å²) in [6, 6.07) is 3.39. The number of nitrogens with zero attached hydrogens (tertiary/aromatic N) is 2. The van der Waals surface area contributed by atoms with Crippen LogP contribution in [0.15, 0.2) is 18.3 Å². The van der Waals surface area contributed by atoms with Crippen molar-refractivity contribution in [3.05, 3.63) is 40.2 Å². The molecule has 0 unspecified atom stereocenters. The summed E-state index contributed by atoms with van der Waals surface area (Å²) in [5.41, 5.74) is 7.95. The van der Waals surface area contributed by atoms with Gasteiger partial charge in [0.05, 0.1) is 11.4 Å². The highest BCUT2D eigenvalue weighted by Gasteiger charge is 2.16. The number of aromatic nitrogens is 2. The molecule has 3 N–H and O–H groups in total. The average Bonchev–Trinajstić information content (AvgIpc) is 2.89. The lowest BCUT2D eigenvalue weighted by atomic mass is 10.0. The quantitative estimate of drug-likeness (QED) is 0.909. The first kappa shape index (κ1) is 15.9. The van der Waals surface area contributed by atoms with E-state index >= 15 is 0 Å². The minimum atomic E-state index is -0.159. The number of hydrogen-bond acceptors (Lipinski definition) is 5. The Bertz CT molecular complexity index is 620. The Hall–Kier alpha value is -1.50. The van der Waals surface area contributed by atoms with Crippen molar-refractivity contribution in [3.63, 3.8) is 0 Å². The average molecular weight is 325 g/mol. The van der Waals surface area contributed by atoms with E-state index < -0.39 is 0 Å². The molecule has 0 bridgehead atoms. The van der Waals surface area contributed by atoms with Gasteiger partial charge in [-0.15, -0.1) is 23.7 Å². The summed E-state index contributed by atoms with van der Waals surface area (Å²) in [6.07, 6.45) is 6.11. The first-order chi connectivity index (χ1) is 9.76. The fraction of sp³-hybridized carbons (Fsp3) is 0.357. The Balaban J connectivity index is 0.00000161. The lowest BCUT2D eigenvalue weighted by Gasteiger charge is -2.06. The van der Waals surface area contributed by atoms with Crippen molar-refractivity contribution >= 4 is 34.8 Å². The molecule has 3 rings (SSSR count). The summed E-state index contributed by atoms with van der Waals surface area (Å²) in [7, 11) is 0. The van der Waals surface area contributed by atoms with Crippen molar-refractivity contribution < 1.29 is 4.79 Å². The zero-order valence-corrected chi connectivity index (χ0v) is 13.1. The molecular weight excluding hydrogens is 308 g/mol. The first-order valence-corrected chi connectivity index (χ1v) is 7.53. The Morgan fingerprint density at radius 2 is 2.19 bits per heavy atom. The topological polar surface area (TPSA) is 80.9 Å². The molecule has 0 saturated heterocycles. The van der Waals surface area contributed by atoms with Gasteiger partial charge in [-0.2, -0.15) is 0 Å². The molecule has 0 saturated carbocycles. The fourth-order valence-electron chi connectivity index (χ4n) is 2.31. The smallest absolute Gasteiger partial charge is 0.257 e. The zero-order valence-electron chi connectivity index (χ0n) is 11.5. The summed E-state index contributed by atoms with van der Waals surface area (Å²) in [5, 5.41) is 3.55. The maximum atomic E-state index is 12.2. The number of amides is 1. The van der Waals surface area contributed by atoms with Crippen molar-refractivity contribution in [2.75, 3.05) is 5.32 Å². The summed E-state index contributed by atoms with van der Waals surface area (Å²) in [5.74, 6) is -0.159. The van der Waals surface area contributed by atoms with E-state index in [1.54, 1.807) is 29.7 Å². The van der Waals surface area contributed by atoms with Gasteiger partial charge in [-0.1, -0.05) is 0 Å². The van der Waals surface area contributed by atoms with Gasteiger partial charge >= 0.3 is 0 Å². The molecule has 2 heterocycles. The van der Waals surface area contributed by atoms with Crippen LogP contribution in [0.2, 0.25) is 0 Å². The third-order valence-corrected chi connectivity index (χ3v) is 4.43. The van der Waals surface area contributed by atoms with Crippen molar-refractivity contribution in [3.8, 4) is 0 Å². The van der Waals surface area contributed by atoms with Crippen molar-refractivity contribution in [2.45, 2.75) is 32.2 Å². The van der Waals surface area contributed by atoms with Crippen LogP contribution >= 0.6 is 23.7 Å². The number of hydrogen-bond donors (Lipinski definition) is 2. The molecule has 1 amide bonds. The van der Waals surface area contributed by atoms with E-state index in [2.05, 4.69) is 15.3 Å². The third kappa shape index (κ3) is 3.58. The standard InChI is InChI=1S/C14H16N4OS.ClH/c15-8-10-7-9(5-6-16-10)13(19)18-14-17-11-3-1-2-4-12(11)20-14;/h5-7H,1-4,8,15H2,(H,17,18,19);1H. The van der Waals surface area contributed by atoms with E-state index in [9.17, 15) is 4.79 Å². The maximum Gasteiger partial charge on any atom is 0.257 e. The number of fused-ring (bicyclic) bond motifs is 1. The van der Waals surface area contributed by atoms with Crippen LogP contribution in [0.3, 0.4) is 0 Å². The van der Waals surface area contributed by atoms with Crippen LogP contribution in [0, 0.1) is 0 Å². The van der Waals surface area contributed by atoms with Gasteiger partial charge in [-0.3, -0.25) is 15.1 Å². The van der Waals surface area contributed by atoms with E-state index in [1.165, 1.54) is 17.7 Å². The van der Waals surface area contributed by atoms with Gasteiger partial charge in [0.1, 0.15) is 0 Å². The molecule has 1 aliphatic rings. The molecule has 0 fully saturated rings. The largest absolute Gasteiger partial charge is 0.325 e. The van der Waals surface area contributed by atoms with Crippen molar-refractivity contribution in [2.24, 2.45) is 5.73 Å². The van der Waals surface area contributed by atoms with Gasteiger partial charge in [0.2, 0.25) is 0 Å². The summed E-state index contributed by atoms with van der Waals surface area (Å²) in [6.45, 7) is 0.326. The van der Waals surface area contributed by atoms with Crippen LogP contribution in [-0.2, 0) is 19.4 Å². The van der Waals surface area contributed by atoms with Gasteiger partial charge in [-0.05, 0) is 37.8 Å². The van der Waals surface area contributed by atoms with E-state index in [0.717, 1.165) is 18.5 Å². The first-order valence-electron chi connectivity index (χ1n) is 6.71. The predicted octanol–water partition coefficient (Wildman–Crippen LogP) is 2.55. The molecular formula is C14H17ClN4OS. The number of nitrogens with one attached hydrogen (secondary N) is 1. The van der Waals surface area contributed by atoms with E-state index in [0.29, 0.717) is 22.9 Å². The van der Waals surface area contributed by atoms with Gasteiger partial charge in [0.15, 0.2) is 5.13 Å². The Labute approximate surface area is 133 Å². The molecule has 0 spiro atoms. The molecule has 21 heavy (non-hydrogen) atoms. The fourth-order valence-corrected chi connectivity index (χ4v) is 3.35. The molecule has 0 aliphatic heterocycles.